The van der Waals surface area contributed by atoms with Crippen LogP contribution in [0.3, 0.4) is 0 Å². The van der Waals surface area contributed by atoms with Crippen LogP contribution in [0.25, 0.3) is 0 Å². The lowest BCUT2D eigenvalue weighted by Gasteiger charge is -2.03. The van der Waals surface area contributed by atoms with Gasteiger partial charge in [-0.3, -0.25) is 10.1 Å². The highest BCUT2D eigenvalue weighted by molar-refractivity contribution is 8.13. The van der Waals surface area contributed by atoms with Crippen LogP contribution in [-0.2, 0) is 20.4 Å². The van der Waals surface area contributed by atoms with Gasteiger partial charge in [-0.2, -0.15) is 0 Å². The molecule has 0 bridgehead atoms. The topological polar surface area (TPSA) is 124 Å². The Balaban J connectivity index is 2.90. The van der Waals surface area contributed by atoms with Crippen LogP contribution in [0, 0.1) is 6.92 Å². The average molecular weight is 281 g/mol. The van der Waals surface area contributed by atoms with E-state index >= 15 is 0 Å². The largest absolute Gasteiger partial charge is 0.351 e. The molecule has 0 saturated heterocycles. The van der Waals surface area contributed by atoms with Gasteiger partial charge in [-0.15, -0.1) is 0 Å². The van der Waals surface area contributed by atoms with Crippen molar-refractivity contribution in [3.63, 3.8) is 0 Å². The zero-order valence-electron chi connectivity index (χ0n) is 8.68. The molecule has 0 aliphatic rings. The smallest absolute Gasteiger partial charge is 0.318 e. The van der Waals surface area contributed by atoms with Crippen LogP contribution in [0.2, 0.25) is 0 Å². The van der Waals surface area contributed by atoms with E-state index in [4.69, 9.17) is 16.4 Å². The highest BCUT2D eigenvalue weighted by Crippen LogP contribution is 2.13. The lowest BCUT2D eigenvalue weighted by Crippen LogP contribution is -2.37. The molecule has 3 N–H and O–H groups in total. The zero-order chi connectivity index (χ0) is 13.2. The van der Waals surface area contributed by atoms with E-state index < -0.39 is 21.0 Å². The summed E-state index contributed by atoms with van der Waals surface area (Å²) in [6, 6.07) is -0.988. The second-order valence-corrected chi connectivity index (χ2v) is 5.62. The second-order valence-electron chi connectivity index (χ2n) is 3.10. The number of carbonyl (C=O) groups excluding carboxylic acids is 2. The molecule has 0 unspecified atom stereocenters. The molecule has 8 nitrogen and oxygen atoms in total. The van der Waals surface area contributed by atoms with Crippen LogP contribution < -0.4 is 11.1 Å². The first-order valence-electron chi connectivity index (χ1n) is 4.28. The molecule has 1 aromatic heterocycles. The Hall–Kier alpha value is -1.61. The van der Waals surface area contributed by atoms with Crippen LogP contribution in [-0.4, -0.2) is 29.9 Å². The van der Waals surface area contributed by atoms with Gasteiger partial charge in [-0.05, 0) is 6.92 Å². The van der Waals surface area contributed by atoms with Gasteiger partial charge in [0.25, 0.3) is 9.05 Å². The fourth-order valence-corrected chi connectivity index (χ4v) is 1.81. The van der Waals surface area contributed by atoms with E-state index in [2.05, 4.69) is 4.98 Å². The summed E-state index contributed by atoms with van der Waals surface area (Å²) in [5.41, 5.74) is 4.75. The molecular weight excluding hydrogens is 272 g/mol. The number of halogens is 1. The first kappa shape index (κ1) is 13.5. The highest BCUT2D eigenvalue weighted by atomic mass is 35.7. The summed E-state index contributed by atoms with van der Waals surface area (Å²) in [7, 11) is 1.14. The molecular formula is C7H9ClN4O4S. The number of hydrogen-bond acceptors (Lipinski definition) is 5. The Bertz CT molecular complexity index is 564. The molecule has 1 heterocycles. The van der Waals surface area contributed by atoms with Gasteiger partial charge in [0.15, 0.2) is 5.03 Å². The number of carbonyl (C=O) groups is 2. The van der Waals surface area contributed by atoms with Gasteiger partial charge in [0.2, 0.25) is 5.91 Å². The summed E-state index contributed by atoms with van der Waals surface area (Å²) in [6.07, 6.45) is 1.10. The number of hydrogen-bond donors (Lipinski definition) is 2. The fraction of sp³-hybridized carbons (Fsp3) is 0.286. The SMILES string of the molecule is Cc1nc(S(=O)(=O)Cl)cn1CC(=O)NC(N)=O. The van der Waals surface area contributed by atoms with Crippen molar-refractivity contribution in [1.82, 2.24) is 14.9 Å². The van der Waals surface area contributed by atoms with Crippen molar-refractivity contribution < 1.29 is 18.0 Å². The zero-order valence-corrected chi connectivity index (χ0v) is 10.2. The second kappa shape index (κ2) is 4.72. The molecule has 0 saturated carbocycles. The summed E-state index contributed by atoms with van der Waals surface area (Å²) in [5.74, 6) is -0.416. The molecule has 0 fully saturated rings. The lowest BCUT2D eigenvalue weighted by atomic mass is 10.5. The van der Waals surface area contributed by atoms with Crippen LogP contribution >= 0.6 is 10.7 Å². The summed E-state index contributed by atoms with van der Waals surface area (Å²) < 4.78 is 23.2. The summed E-state index contributed by atoms with van der Waals surface area (Å²) >= 11 is 0. The van der Waals surface area contributed by atoms with E-state index in [0.29, 0.717) is 0 Å². The van der Waals surface area contributed by atoms with Crippen LogP contribution in [0.1, 0.15) is 5.82 Å². The van der Waals surface area contributed by atoms with Gasteiger partial charge in [0.05, 0.1) is 0 Å². The number of imidazole rings is 1. The summed E-state index contributed by atoms with van der Waals surface area (Å²) in [6.45, 7) is 1.21. The molecule has 3 amide bonds. The third-order valence-electron chi connectivity index (χ3n) is 1.78. The minimum absolute atomic E-state index is 0.267. The Kier molecular flexibility index (Phi) is 3.73. The molecule has 0 aliphatic carbocycles. The Morgan fingerprint density at radius 2 is 2.18 bits per heavy atom. The van der Waals surface area contributed by atoms with Crippen molar-refractivity contribution in [3.05, 3.63) is 12.0 Å². The first-order chi connectivity index (χ1) is 7.70. The number of aromatic nitrogens is 2. The molecule has 0 radical (unpaired) electrons. The quantitative estimate of drug-likeness (QED) is 0.709. The van der Waals surface area contributed by atoms with Gasteiger partial charge in [0.1, 0.15) is 12.4 Å². The van der Waals surface area contributed by atoms with Crippen LogP contribution in [0.15, 0.2) is 11.2 Å². The average Bonchev–Trinajstić information content (AvgIpc) is 2.45. The normalized spacial score (nSPS) is 11.2. The first-order valence-corrected chi connectivity index (χ1v) is 6.59. The third-order valence-corrected chi connectivity index (χ3v) is 2.95. The van der Waals surface area contributed by atoms with Gasteiger partial charge < -0.3 is 10.3 Å². The predicted molar refractivity (Wildman–Crippen MR) is 57.7 cm³/mol. The van der Waals surface area contributed by atoms with E-state index in [1.165, 1.54) is 11.5 Å². The number of rotatable bonds is 3. The van der Waals surface area contributed by atoms with Crippen molar-refractivity contribution in [2.24, 2.45) is 5.73 Å². The number of urea groups is 1. The molecule has 0 aliphatic heterocycles. The van der Waals surface area contributed by atoms with Crippen LogP contribution in [0.4, 0.5) is 4.79 Å². The minimum Gasteiger partial charge on any atom is -0.351 e. The van der Waals surface area contributed by atoms with Gasteiger partial charge in [0, 0.05) is 16.9 Å². The Labute approximate surface area is 101 Å². The molecule has 0 spiro atoms. The van der Waals surface area contributed by atoms with E-state index in [0.717, 1.165) is 6.20 Å². The summed E-state index contributed by atoms with van der Waals surface area (Å²) in [4.78, 5) is 25.2. The highest BCUT2D eigenvalue weighted by Gasteiger charge is 2.17. The predicted octanol–water partition coefficient (Wildman–Crippen LogP) is -0.686. The van der Waals surface area contributed by atoms with Crippen molar-refractivity contribution >= 4 is 31.7 Å². The van der Waals surface area contributed by atoms with E-state index in [1.807, 2.05) is 5.32 Å². The van der Waals surface area contributed by atoms with Crippen molar-refractivity contribution in [3.8, 4) is 0 Å². The fourth-order valence-electron chi connectivity index (χ4n) is 1.09. The number of amides is 3. The monoisotopic (exact) mass is 280 g/mol. The maximum atomic E-state index is 11.2. The van der Waals surface area contributed by atoms with Crippen molar-refractivity contribution in [1.29, 1.82) is 0 Å². The number of primary amides is 1. The minimum atomic E-state index is -3.95. The molecule has 10 heteroatoms. The van der Waals surface area contributed by atoms with Gasteiger partial charge >= 0.3 is 6.03 Å². The molecule has 94 valence electrons. The molecule has 0 aromatic carbocycles. The van der Waals surface area contributed by atoms with E-state index in [1.54, 1.807) is 0 Å². The Morgan fingerprint density at radius 3 is 2.59 bits per heavy atom. The number of nitrogens with two attached hydrogens (primary N) is 1. The van der Waals surface area contributed by atoms with Crippen LogP contribution in [0.5, 0.6) is 0 Å². The molecule has 1 aromatic rings. The number of aryl methyl sites for hydroxylation is 1. The standard InChI is InChI=1S/C7H9ClN4O4S/c1-4-10-6(17(8,15)16)3-12(4)2-5(13)11-7(9)14/h3H,2H2,1H3,(H3,9,11,13,14). The summed E-state index contributed by atoms with van der Waals surface area (Å²) in [5, 5.41) is 1.48. The maximum Gasteiger partial charge on any atom is 0.318 e. The molecule has 17 heavy (non-hydrogen) atoms. The molecule has 0 atom stereocenters. The number of imide groups is 1. The third kappa shape index (κ3) is 3.71. The van der Waals surface area contributed by atoms with E-state index in [9.17, 15) is 18.0 Å². The van der Waals surface area contributed by atoms with Gasteiger partial charge in [-0.25, -0.2) is 18.2 Å². The lowest BCUT2D eigenvalue weighted by molar-refractivity contribution is -0.120. The molecule has 1 rings (SSSR count). The van der Waals surface area contributed by atoms with E-state index in [-0.39, 0.29) is 17.4 Å². The maximum absolute atomic E-state index is 11.2. The number of nitrogens with one attached hydrogen (secondary N) is 1. The van der Waals surface area contributed by atoms with Crippen molar-refractivity contribution in [2.75, 3.05) is 0 Å². The Morgan fingerprint density at radius 1 is 1.59 bits per heavy atom. The van der Waals surface area contributed by atoms with Crippen molar-refractivity contribution in [2.45, 2.75) is 18.5 Å². The number of nitrogens with zero attached hydrogens (tertiary/aromatic N) is 2. The van der Waals surface area contributed by atoms with Gasteiger partial charge in [-0.1, -0.05) is 0 Å².